The van der Waals surface area contributed by atoms with Gasteiger partial charge in [0, 0.05) is 26.2 Å². The van der Waals surface area contributed by atoms with Gasteiger partial charge in [0.05, 0.1) is 0 Å². The van der Waals surface area contributed by atoms with E-state index < -0.39 is 0 Å². The van der Waals surface area contributed by atoms with Crippen LogP contribution < -0.4 is 10.6 Å². The summed E-state index contributed by atoms with van der Waals surface area (Å²) in [6.45, 7) is 9.92. The lowest BCUT2D eigenvalue weighted by Gasteiger charge is -2.11. The van der Waals surface area contributed by atoms with Gasteiger partial charge in [-0.2, -0.15) is 0 Å². The largest absolute Gasteiger partial charge is 0.314 e. The predicted molar refractivity (Wildman–Crippen MR) is 48.4 cm³/mol. The van der Waals surface area contributed by atoms with Gasteiger partial charge in [0.25, 0.3) is 0 Å². The van der Waals surface area contributed by atoms with Crippen molar-refractivity contribution in [2.45, 2.75) is 0 Å². The van der Waals surface area contributed by atoms with E-state index in [1.807, 2.05) is 0 Å². The summed E-state index contributed by atoms with van der Waals surface area (Å²) in [5.41, 5.74) is 0. The maximum absolute atomic E-state index is 8.57. The lowest BCUT2D eigenvalue weighted by molar-refractivity contribution is 0.534. The van der Waals surface area contributed by atoms with E-state index in [2.05, 4.69) is 23.8 Å². The molecule has 0 radical (unpaired) electrons. The van der Waals surface area contributed by atoms with Crippen molar-refractivity contribution < 1.29 is 9.59 Å². The van der Waals surface area contributed by atoms with E-state index >= 15 is 0 Å². The molecule has 4 nitrogen and oxygen atoms in total. The van der Waals surface area contributed by atoms with Crippen LogP contribution in [0.15, 0.2) is 13.2 Å². The lowest BCUT2D eigenvalue weighted by atomic mass is 10.4. The van der Waals surface area contributed by atoms with Gasteiger partial charge in [0.1, 0.15) is 11.9 Å². The first-order valence-electron chi connectivity index (χ1n) is 3.53. The van der Waals surface area contributed by atoms with Crippen LogP contribution in [0.5, 0.6) is 0 Å². The number of piperazine rings is 1. The Kier molecular flexibility index (Phi) is 18.4. The molecule has 0 aromatic heterocycles. The molecule has 0 aromatic carbocycles. The van der Waals surface area contributed by atoms with Crippen molar-refractivity contribution in [1.82, 2.24) is 10.6 Å². The van der Waals surface area contributed by atoms with E-state index in [0.29, 0.717) is 0 Å². The first kappa shape index (κ1) is 13.4. The third-order valence-electron chi connectivity index (χ3n) is 0.957. The molecule has 0 bridgehead atoms. The van der Waals surface area contributed by atoms with Crippen molar-refractivity contribution >= 4 is 11.9 Å². The fraction of sp³-hybridized carbons (Fsp3) is 0.500. The molecule has 1 heterocycles. The van der Waals surface area contributed by atoms with Crippen molar-refractivity contribution in [2.75, 3.05) is 26.2 Å². The average Bonchev–Trinajstić information content (AvgIpc) is 2.10. The first-order valence-corrected chi connectivity index (χ1v) is 3.53. The van der Waals surface area contributed by atoms with Gasteiger partial charge >= 0.3 is 0 Å². The van der Waals surface area contributed by atoms with Crippen molar-refractivity contribution in [1.29, 1.82) is 0 Å². The standard InChI is InChI=1S/C4H10N2.2C2H2O/c1-2-6-4-3-5-1;2*1-2-3/h5-6H,1-4H2;2*1H2. The third-order valence-corrected chi connectivity index (χ3v) is 0.957. The van der Waals surface area contributed by atoms with Crippen LogP contribution in [0.2, 0.25) is 0 Å². The maximum atomic E-state index is 8.57. The molecule has 0 spiro atoms. The number of hydrogen-bond acceptors (Lipinski definition) is 4. The maximum Gasteiger partial charge on any atom is 0.116 e. The minimum absolute atomic E-state index is 1.14. The minimum atomic E-state index is 1.14. The van der Waals surface area contributed by atoms with Gasteiger partial charge < -0.3 is 10.6 Å². The van der Waals surface area contributed by atoms with Gasteiger partial charge in [-0.05, 0) is 13.2 Å². The summed E-state index contributed by atoms with van der Waals surface area (Å²) in [7, 11) is 0. The summed E-state index contributed by atoms with van der Waals surface area (Å²) in [5.74, 6) is 2.50. The van der Waals surface area contributed by atoms with Gasteiger partial charge in [-0.25, -0.2) is 9.59 Å². The Labute approximate surface area is 72.3 Å². The molecular formula is C8H14N2O2. The SMILES string of the molecule is C1CNCCN1.C=C=O.C=C=O. The molecule has 0 aromatic rings. The molecule has 0 unspecified atom stereocenters. The molecule has 0 saturated carbocycles. The normalized spacial score (nSPS) is 13.3. The zero-order chi connectivity index (χ0) is 9.66. The van der Waals surface area contributed by atoms with Gasteiger partial charge in [-0.1, -0.05) is 0 Å². The summed E-state index contributed by atoms with van der Waals surface area (Å²) in [5, 5.41) is 6.44. The van der Waals surface area contributed by atoms with E-state index in [1.165, 1.54) is 11.9 Å². The predicted octanol–water partition coefficient (Wildman–Crippen LogP) is -0.813. The Balaban J connectivity index is 0. The fourth-order valence-corrected chi connectivity index (χ4v) is 0.604. The summed E-state index contributed by atoms with van der Waals surface area (Å²) in [6, 6.07) is 0. The molecule has 12 heavy (non-hydrogen) atoms. The molecule has 0 amide bonds. The lowest BCUT2D eigenvalue weighted by Crippen LogP contribution is -2.39. The molecule has 4 heteroatoms. The summed E-state index contributed by atoms with van der Waals surface area (Å²) >= 11 is 0. The van der Waals surface area contributed by atoms with Crippen molar-refractivity contribution in [3.8, 4) is 0 Å². The molecule has 0 aliphatic carbocycles. The van der Waals surface area contributed by atoms with Crippen LogP contribution in [0, 0.1) is 0 Å². The van der Waals surface area contributed by atoms with Gasteiger partial charge in [0.15, 0.2) is 0 Å². The topological polar surface area (TPSA) is 58.2 Å². The zero-order valence-corrected chi connectivity index (χ0v) is 7.06. The Morgan fingerprint density at radius 3 is 1.08 bits per heavy atom. The molecule has 1 saturated heterocycles. The molecule has 1 aliphatic heterocycles. The first-order chi connectivity index (χ1) is 5.83. The molecule has 0 atom stereocenters. The van der Waals surface area contributed by atoms with Crippen molar-refractivity contribution in [3.63, 3.8) is 0 Å². The molecule has 2 N–H and O–H groups in total. The minimum Gasteiger partial charge on any atom is -0.314 e. The van der Waals surface area contributed by atoms with Crippen molar-refractivity contribution in [3.05, 3.63) is 13.2 Å². The van der Waals surface area contributed by atoms with E-state index in [1.54, 1.807) is 0 Å². The highest BCUT2D eigenvalue weighted by Crippen LogP contribution is 1.65. The van der Waals surface area contributed by atoms with Gasteiger partial charge in [-0.3, -0.25) is 0 Å². The number of rotatable bonds is 0. The number of carbonyl (C=O) groups excluding carboxylic acids is 2. The zero-order valence-electron chi connectivity index (χ0n) is 7.06. The average molecular weight is 170 g/mol. The Morgan fingerprint density at radius 2 is 1.00 bits per heavy atom. The van der Waals surface area contributed by atoms with E-state index in [-0.39, 0.29) is 0 Å². The highest BCUT2D eigenvalue weighted by molar-refractivity contribution is 5.38. The third kappa shape index (κ3) is 23.2. The Hall–Kier alpha value is -1.18. The van der Waals surface area contributed by atoms with E-state index in [4.69, 9.17) is 9.59 Å². The summed E-state index contributed by atoms with van der Waals surface area (Å²) in [4.78, 5) is 17.1. The van der Waals surface area contributed by atoms with Crippen LogP contribution in [0.3, 0.4) is 0 Å². The van der Waals surface area contributed by atoms with E-state index in [9.17, 15) is 0 Å². The van der Waals surface area contributed by atoms with Crippen molar-refractivity contribution in [2.24, 2.45) is 0 Å². The highest BCUT2D eigenvalue weighted by atomic mass is 16.1. The second kappa shape index (κ2) is 16.4. The second-order valence-electron chi connectivity index (χ2n) is 1.79. The van der Waals surface area contributed by atoms with Gasteiger partial charge in [-0.15, -0.1) is 0 Å². The Morgan fingerprint density at radius 1 is 0.833 bits per heavy atom. The fourth-order valence-electron chi connectivity index (χ4n) is 0.604. The molecule has 1 rings (SSSR count). The summed E-state index contributed by atoms with van der Waals surface area (Å²) in [6.07, 6.45) is 0. The smallest absolute Gasteiger partial charge is 0.116 e. The summed E-state index contributed by atoms with van der Waals surface area (Å²) < 4.78 is 0. The molecule has 1 aliphatic rings. The molecule has 68 valence electrons. The van der Waals surface area contributed by atoms with Crippen LogP contribution in [-0.4, -0.2) is 38.1 Å². The quantitative estimate of drug-likeness (QED) is 0.467. The monoisotopic (exact) mass is 170 g/mol. The Bertz CT molecular complexity index is 118. The van der Waals surface area contributed by atoms with Crippen LogP contribution >= 0.6 is 0 Å². The second-order valence-corrected chi connectivity index (χ2v) is 1.79. The van der Waals surface area contributed by atoms with Crippen LogP contribution in [0.1, 0.15) is 0 Å². The van der Waals surface area contributed by atoms with Crippen LogP contribution in [0.4, 0.5) is 0 Å². The van der Waals surface area contributed by atoms with Crippen LogP contribution in [0.25, 0.3) is 0 Å². The number of hydrogen-bond donors (Lipinski definition) is 2. The molecule has 1 fully saturated rings. The number of nitrogens with one attached hydrogen (secondary N) is 2. The highest BCUT2D eigenvalue weighted by Gasteiger charge is 1.91. The van der Waals surface area contributed by atoms with Crippen LogP contribution in [-0.2, 0) is 9.59 Å². The van der Waals surface area contributed by atoms with Gasteiger partial charge in [0.2, 0.25) is 0 Å². The molecular weight excluding hydrogens is 156 g/mol. The van der Waals surface area contributed by atoms with E-state index in [0.717, 1.165) is 26.2 Å².